The smallest absolute Gasteiger partial charge is 0.223 e. The Hall–Kier alpha value is -0.0800. The highest BCUT2D eigenvalue weighted by atomic mass is 35.5. The Bertz CT molecular complexity index is 141. The minimum atomic E-state index is -0.300. The van der Waals surface area contributed by atoms with E-state index in [1.807, 2.05) is 0 Å². The Balaban J connectivity index is 2.01. The van der Waals surface area contributed by atoms with Gasteiger partial charge in [-0.3, -0.25) is 4.79 Å². The number of rotatable bonds is 4. The molecule has 0 N–H and O–H groups in total. The van der Waals surface area contributed by atoms with Gasteiger partial charge in [-0.2, -0.15) is 0 Å². The first kappa shape index (κ1) is 10.0. The quantitative estimate of drug-likeness (QED) is 0.637. The lowest BCUT2D eigenvalue weighted by Gasteiger charge is -2.21. The second kappa shape index (κ2) is 5.55. The number of hydrogen-bond donors (Lipinski definition) is 0. The van der Waals surface area contributed by atoms with Crippen molar-refractivity contribution in [2.24, 2.45) is 0 Å². The van der Waals surface area contributed by atoms with E-state index in [-0.39, 0.29) is 5.24 Å². The van der Waals surface area contributed by atoms with E-state index in [4.69, 9.17) is 16.3 Å². The number of ether oxygens (including phenoxy) is 1. The molecule has 0 aromatic heterocycles. The van der Waals surface area contributed by atoms with Crippen LogP contribution in [0.1, 0.15) is 38.5 Å². The van der Waals surface area contributed by atoms with Gasteiger partial charge in [0, 0.05) is 6.42 Å². The number of carbonyl (C=O) groups excluding carboxylic acids is 1. The summed E-state index contributed by atoms with van der Waals surface area (Å²) in [5.74, 6) is 0. The molecule has 0 saturated heterocycles. The fourth-order valence-electron chi connectivity index (χ4n) is 1.54. The Kier molecular flexibility index (Phi) is 4.62. The molecule has 0 spiro atoms. The van der Waals surface area contributed by atoms with Gasteiger partial charge in [0.15, 0.2) is 0 Å². The van der Waals surface area contributed by atoms with Gasteiger partial charge in [0.2, 0.25) is 5.24 Å². The Morgan fingerprint density at radius 1 is 1.33 bits per heavy atom. The third-order valence-electron chi connectivity index (χ3n) is 2.20. The number of halogens is 1. The second-order valence-electron chi connectivity index (χ2n) is 3.24. The Labute approximate surface area is 78.2 Å². The maximum atomic E-state index is 10.4. The van der Waals surface area contributed by atoms with Crippen molar-refractivity contribution < 1.29 is 9.53 Å². The Morgan fingerprint density at radius 3 is 2.58 bits per heavy atom. The Morgan fingerprint density at radius 2 is 2.00 bits per heavy atom. The molecule has 0 radical (unpaired) electrons. The fraction of sp³-hybridized carbons (Fsp3) is 0.889. The first-order valence-corrected chi connectivity index (χ1v) is 4.97. The molecule has 3 heteroatoms. The van der Waals surface area contributed by atoms with Crippen molar-refractivity contribution in [3.63, 3.8) is 0 Å². The van der Waals surface area contributed by atoms with E-state index in [0.29, 0.717) is 19.1 Å². The van der Waals surface area contributed by atoms with Crippen LogP contribution in [0.2, 0.25) is 0 Å². The molecule has 0 atom stereocenters. The van der Waals surface area contributed by atoms with Gasteiger partial charge in [-0.15, -0.1) is 0 Å². The zero-order chi connectivity index (χ0) is 8.81. The molecule has 1 fully saturated rings. The molecule has 0 amide bonds. The standard InChI is InChI=1S/C9H15ClO2/c10-9(11)6-7-12-8-4-2-1-3-5-8/h8H,1-7H2. The predicted molar refractivity (Wildman–Crippen MR) is 48.3 cm³/mol. The highest BCUT2D eigenvalue weighted by molar-refractivity contribution is 6.63. The maximum absolute atomic E-state index is 10.4. The van der Waals surface area contributed by atoms with Crippen LogP contribution in [-0.4, -0.2) is 18.0 Å². The molecule has 0 heterocycles. The van der Waals surface area contributed by atoms with Gasteiger partial charge in [0.05, 0.1) is 12.7 Å². The highest BCUT2D eigenvalue weighted by Gasteiger charge is 2.13. The van der Waals surface area contributed by atoms with Gasteiger partial charge in [-0.05, 0) is 24.4 Å². The summed E-state index contributed by atoms with van der Waals surface area (Å²) >= 11 is 5.18. The second-order valence-corrected chi connectivity index (χ2v) is 3.66. The van der Waals surface area contributed by atoms with Gasteiger partial charge in [0.1, 0.15) is 0 Å². The minimum Gasteiger partial charge on any atom is -0.378 e. The average molecular weight is 191 g/mol. The van der Waals surface area contributed by atoms with Gasteiger partial charge in [-0.25, -0.2) is 0 Å². The van der Waals surface area contributed by atoms with E-state index in [1.165, 1.54) is 19.3 Å². The van der Waals surface area contributed by atoms with Crippen LogP contribution in [0.25, 0.3) is 0 Å². The largest absolute Gasteiger partial charge is 0.378 e. The van der Waals surface area contributed by atoms with Crippen molar-refractivity contribution >= 4 is 16.8 Å². The zero-order valence-corrected chi connectivity index (χ0v) is 7.98. The van der Waals surface area contributed by atoms with E-state index in [2.05, 4.69) is 0 Å². The molecular formula is C9H15ClO2. The molecule has 1 aliphatic rings. The molecule has 1 aliphatic carbocycles. The van der Waals surface area contributed by atoms with E-state index in [1.54, 1.807) is 0 Å². The first-order valence-electron chi connectivity index (χ1n) is 4.59. The lowest BCUT2D eigenvalue weighted by Crippen LogP contribution is -2.17. The van der Waals surface area contributed by atoms with Crippen LogP contribution in [0.3, 0.4) is 0 Å². The lowest BCUT2D eigenvalue weighted by molar-refractivity contribution is -0.113. The summed E-state index contributed by atoms with van der Waals surface area (Å²) in [5, 5.41) is -0.300. The summed E-state index contributed by atoms with van der Waals surface area (Å²) in [5.41, 5.74) is 0. The molecule has 0 bridgehead atoms. The molecule has 1 saturated carbocycles. The molecule has 0 aromatic rings. The van der Waals surface area contributed by atoms with Crippen molar-refractivity contribution in [2.45, 2.75) is 44.6 Å². The van der Waals surface area contributed by atoms with E-state index in [9.17, 15) is 4.79 Å². The van der Waals surface area contributed by atoms with E-state index in [0.717, 1.165) is 12.8 Å². The SMILES string of the molecule is O=C(Cl)CCOC1CCCCC1. The summed E-state index contributed by atoms with van der Waals surface area (Å²) < 4.78 is 5.49. The van der Waals surface area contributed by atoms with Crippen molar-refractivity contribution in [1.82, 2.24) is 0 Å². The summed E-state index contributed by atoms with van der Waals surface area (Å²) in [6.07, 6.45) is 6.88. The van der Waals surface area contributed by atoms with Crippen LogP contribution >= 0.6 is 11.6 Å². The van der Waals surface area contributed by atoms with Gasteiger partial charge in [0.25, 0.3) is 0 Å². The zero-order valence-electron chi connectivity index (χ0n) is 7.22. The molecule has 0 unspecified atom stereocenters. The summed E-state index contributed by atoms with van der Waals surface area (Å²) in [6.45, 7) is 0.493. The van der Waals surface area contributed by atoms with Gasteiger partial charge in [-0.1, -0.05) is 19.3 Å². The van der Waals surface area contributed by atoms with E-state index < -0.39 is 0 Å². The normalized spacial score (nSPS) is 19.4. The number of carbonyl (C=O) groups is 1. The molecule has 0 aromatic carbocycles. The molecule has 1 rings (SSSR count). The summed E-state index contributed by atoms with van der Waals surface area (Å²) in [6, 6.07) is 0. The third kappa shape index (κ3) is 4.07. The van der Waals surface area contributed by atoms with Crippen LogP contribution in [0.5, 0.6) is 0 Å². The molecule has 0 aliphatic heterocycles. The first-order chi connectivity index (χ1) is 5.79. The van der Waals surface area contributed by atoms with Crippen LogP contribution < -0.4 is 0 Å². The van der Waals surface area contributed by atoms with Crippen LogP contribution in [0, 0.1) is 0 Å². The molecular weight excluding hydrogens is 176 g/mol. The van der Waals surface area contributed by atoms with Gasteiger partial charge >= 0.3 is 0 Å². The van der Waals surface area contributed by atoms with E-state index >= 15 is 0 Å². The lowest BCUT2D eigenvalue weighted by atomic mass is 9.98. The van der Waals surface area contributed by atoms with Crippen LogP contribution in [-0.2, 0) is 9.53 Å². The van der Waals surface area contributed by atoms with Crippen molar-refractivity contribution in [2.75, 3.05) is 6.61 Å². The maximum Gasteiger partial charge on any atom is 0.223 e. The van der Waals surface area contributed by atoms with Crippen LogP contribution in [0.15, 0.2) is 0 Å². The highest BCUT2D eigenvalue weighted by Crippen LogP contribution is 2.20. The average Bonchev–Trinajstić information content (AvgIpc) is 2.05. The molecule has 12 heavy (non-hydrogen) atoms. The van der Waals surface area contributed by atoms with Crippen LogP contribution in [0.4, 0.5) is 0 Å². The van der Waals surface area contributed by atoms with Gasteiger partial charge < -0.3 is 4.74 Å². The topological polar surface area (TPSA) is 26.3 Å². The summed E-state index contributed by atoms with van der Waals surface area (Å²) in [7, 11) is 0. The number of hydrogen-bond acceptors (Lipinski definition) is 2. The predicted octanol–water partition coefficient (Wildman–Crippen LogP) is 2.49. The minimum absolute atomic E-state index is 0.300. The molecule has 2 nitrogen and oxygen atoms in total. The monoisotopic (exact) mass is 190 g/mol. The van der Waals surface area contributed by atoms with Crippen molar-refractivity contribution in [3.8, 4) is 0 Å². The fourth-order valence-corrected chi connectivity index (χ4v) is 1.61. The van der Waals surface area contributed by atoms with Crippen molar-refractivity contribution in [3.05, 3.63) is 0 Å². The molecule has 70 valence electrons. The van der Waals surface area contributed by atoms with Crippen molar-refractivity contribution in [1.29, 1.82) is 0 Å². The third-order valence-corrected chi connectivity index (χ3v) is 2.39. The summed E-state index contributed by atoms with van der Waals surface area (Å²) in [4.78, 5) is 10.4.